The van der Waals surface area contributed by atoms with E-state index in [1.54, 1.807) is 0 Å². The molecule has 0 saturated heterocycles. The molecule has 8 heteroatoms. The van der Waals surface area contributed by atoms with Crippen molar-refractivity contribution in [2.75, 3.05) is 0 Å². The molecule has 0 aliphatic heterocycles. The molecule has 13 heavy (non-hydrogen) atoms. The van der Waals surface area contributed by atoms with Gasteiger partial charge in [0.1, 0.15) is 0 Å². The molecule has 0 amide bonds. The zero-order chi connectivity index (χ0) is 10.9. The average molecular weight is 216 g/mol. The van der Waals surface area contributed by atoms with Crippen LogP contribution in [0.2, 0.25) is 0 Å². The summed E-state index contributed by atoms with van der Waals surface area (Å²) in [6.45, 7) is 2.73. The summed E-state index contributed by atoms with van der Waals surface area (Å²) in [6, 6.07) is 0. The molecule has 0 bridgehead atoms. The fourth-order valence-corrected chi connectivity index (χ4v) is 0.832. The van der Waals surface area contributed by atoms with Gasteiger partial charge in [0.2, 0.25) is 0 Å². The molecular weight excluding hydrogens is 209 g/mol. The highest BCUT2D eigenvalue weighted by Gasteiger charge is 2.49. The van der Waals surface area contributed by atoms with Gasteiger partial charge in [-0.2, -0.15) is 8.78 Å². The van der Waals surface area contributed by atoms with Gasteiger partial charge in [0.05, 0.1) is 6.42 Å². The number of halogens is 2. The number of aliphatic carboxylic acids is 1. The molecule has 5 nitrogen and oxygen atoms in total. The number of alkyl halides is 2. The van der Waals surface area contributed by atoms with E-state index in [4.69, 9.17) is 14.9 Å². The van der Waals surface area contributed by atoms with Crippen molar-refractivity contribution in [3.8, 4) is 0 Å². The van der Waals surface area contributed by atoms with Crippen molar-refractivity contribution in [3.05, 3.63) is 12.2 Å². The minimum atomic E-state index is -5.62. The van der Waals surface area contributed by atoms with Crippen LogP contribution in [0, 0.1) is 0 Å². The number of hydrogen-bond donors (Lipinski definition) is 3. The van der Waals surface area contributed by atoms with E-state index in [-0.39, 0.29) is 0 Å². The van der Waals surface area contributed by atoms with E-state index >= 15 is 0 Å². The van der Waals surface area contributed by atoms with Gasteiger partial charge in [-0.05, 0) is 0 Å². The Labute approximate surface area is 71.8 Å². The van der Waals surface area contributed by atoms with Gasteiger partial charge in [0, 0.05) is 5.57 Å². The van der Waals surface area contributed by atoms with Crippen molar-refractivity contribution in [2.24, 2.45) is 0 Å². The van der Waals surface area contributed by atoms with Gasteiger partial charge in [-0.15, -0.1) is 0 Å². The van der Waals surface area contributed by atoms with Crippen molar-refractivity contribution in [2.45, 2.75) is 12.1 Å². The second-order valence-corrected chi connectivity index (χ2v) is 4.04. The first-order valence-corrected chi connectivity index (χ1v) is 4.53. The van der Waals surface area contributed by atoms with Crippen LogP contribution in [0.4, 0.5) is 8.78 Å². The van der Waals surface area contributed by atoms with Crippen LogP contribution in [-0.4, -0.2) is 26.5 Å². The molecule has 0 saturated carbocycles. The fraction of sp³-hybridized carbons (Fsp3) is 0.400. The Morgan fingerprint density at radius 1 is 1.46 bits per heavy atom. The molecule has 0 radical (unpaired) electrons. The summed E-state index contributed by atoms with van der Waals surface area (Å²) >= 11 is 0. The maximum Gasteiger partial charge on any atom is 0.394 e. The van der Waals surface area contributed by atoms with Crippen LogP contribution < -0.4 is 0 Å². The number of carboxylic acids is 1. The quantitative estimate of drug-likeness (QED) is 0.477. The van der Waals surface area contributed by atoms with Crippen LogP contribution in [0.5, 0.6) is 0 Å². The van der Waals surface area contributed by atoms with E-state index in [2.05, 4.69) is 6.58 Å². The Bertz CT molecular complexity index is 281. The molecule has 0 aliphatic carbocycles. The smallest absolute Gasteiger partial charge is 0.394 e. The number of carbonyl (C=O) groups is 1. The van der Waals surface area contributed by atoms with Gasteiger partial charge in [0.25, 0.3) is 0 Å². The number of rotatable bonds is 4. The third kappa shape index (κ3) is 3.22. The summed E-state index contributed by atoms with van der Waals surface area (Å²) in [4.78, 5) is 26.2. The molecule has 0 aromatic rings. The summed E-state index contributed by atoms with van der Waals surface area (Å²) < 4.78 is 35.0. The Morgan fingerprint density at radius 2 is 1.85 bits per heavy atom. The summed E-state index contributed by atoms with van der Waals surface area (Å²) in [5, 5.41) is 8.13. The van der Waals surface area contributed by atoms with Crippen LogP contribution in [-0.2, 0) is 9.36 Å². The van der Waals surface area contributed by atoms with Crippen molar-refractivity contribution in [1.29, 1.82) is 0 Å². The van der Waals surface area contributed by atoms with Gasteiger partial charge < -0.3 is 14.9 Å². The minimum Gasteiger partial charge on any atom is -0.478 e. The minimum absolute atomic E-state index is 0.951. The van der Waals surface area contributed by atoms with E-state index < -0.39 is 31.2 Å². The van der Waals surface area contributed by atoms with Gasteiger partial charge in [-0.3, -0.25) is 4.57 Å². The Morgan fingerprint density at radius 3 is 2.08 bits per heavy atom. The zero-order valence-electron chi connectivity index (χ0n) is 6.28. The molecular formula is C5H7F2O5P. The van der Waals surface area contributed by atoms with Crippen molar-refractivity contribution >= 4 is 13.6 Å². The largest absolute Gasteiger partial charge is 0.478 e. The van der Waals surface area contributed by atoms with Crippen molar-refractivity contribution in [1.82, 2.24) is 0 Å². The first-order valence-electron chi connectivity index (χ1n) is 2.92. The van der Waals surface area contributed by atoms with Gasteiger partial charge >= 0.3 is 19.2 Å². The maximum absolute atomic E-state index is 12.5. The highest BCUT2D eigenvalue weighted by molar-refractivity contribution is 7.53. The van der Waals surface area contributed by atoms with Crippen molar-refractivity contribution < 1.29 is 33.0 Å². The summed E-state index contributed by atoms with van der Waals surface area (Å²) in [5.41, 5.74) is -5.32. The van der Waals surface area contributed by atoms with Crippen LogP contribution in [0.1, 0.15) is 6.42 Å². The number of carboxylic acid groups (broad SMARTS) is 1. The highest BCUT2D eigenvalue weighted by Crippen LogP contribution is 2.55. The summed E-state index contributed by atoms with van der Waals surface area (Å²) in [5.74, 6) is -1.71. The van der Waals surface area contributed by atoms with E-state index in [9.17, 15) is 18.1 Å². The van der Waals surface area contributed by atoms with Crippen LogP contribution in [0.15, 0.2) is 12.2 Å². The normalized spacial score (nSPS) is 12.6. The second kappa shape index (κ2) is 3.53. The van der Waals surface area contributed by atoms with Crippen LogP contribution >= 0.6 is 7.60 Å². The molecule has 0 rings (SSSR count). The average Bonchev–Trinajstić information content (AvgIpc) is 1.83. The van der Waals surface area contributed by atoms with Gasteiger partial charge in [0.15, 0.2) is 0 Å². The predicted octanol–water partition coefficient (Wildman–Crippen LogP) is 0.788. The standard InChI is InChI=1S/C5H7F2O5P/c1-3(4(8)9)2-5(6,7)13(10,11)12/h1-2H2,(H,8,9)(H2,10,11,12). The Kier molecular flexibility index (Phi) is 3.32. The second-order valence-electron chi connectivity index (χ2n) is 2.30. The van der Waals surface area contributed by atoms with Crippen LogP contribution in [0.25, 0.3) is 0 Å². The molecule has 0 aromatic heterocycles. The summed E-state index contributed by atoms with van der Waals surface area (Å²) in [7, 11) is -5.62. The predicted molar refractivity (Wildman–Crippen MR) is 38.4 cm³/mol. The Hall–Kier alpha value is -0.780. The molecule has 0 atom stereocenters. The lowest BCUT2D eigenvalue weighted by Crippen LogP contribution is -2.19. The third-order valence-corrected chi connectivity index (χ3v) is 2.17. The zero-order valence-corrected chi connectivity index (χ0v) is 7.17. The van der Waals surface area contributed by atoms with E-state index in [0.717, 1.165) is 0 Å². The molecule has 3 N–H and O–H groups in total. The van der Waals surface area contributed by atoms with Gasteiger partial charge in [-0.1, -0.05) is 6.58 Å². The maximum atomic E-state index is 12.5. The van der Waals surface area contributed by atoms with E-state index in [1.807, 2.05) is 0 Å². The first kappa shape index (κ1) is 12.2. The lowest BCUT2D eigenvalue weighted by Gasteiger charge is -2.16. The lowest BCUT2D eigenvalue weighted by atomic mass is 10.2. The lowest BCUT2D eigenvalue weighted by molar-refractivity contribution is -0.133. The number of hydrogen-bond acceptors (Lipinski definition) is 2. The SMILES string of the molecule is C=C(CC(F)(F)P(=O)(O)O)C(=O)O. The summed E-state index contributed by atoms with van der Waals surface area (Å²) in [6.07, 6.45) is -1.56. The first-order chi connectivity index (χ1) is 5.58. The Balaban J connectivity index is 4.63. The monoisotopic (exact) mass is 216 g/mol. The third-order valence-electron chi connectivity index (χ3n) is 1.15. The fourth-order valence-electron chi connectivity index (χ4n) is 0.435. The van der Waals surface area contributed by atoms with Crippen LogP contribution in [0.3, 0.4) is 0 Å². The molecule has 0 aromatic carbocycles. The molecule has 0 fully saturated rings. The van der Waals surface area contributed by atoms with Crippen molar-refractivity contribution in [3.63, 3.8) is 0 Å². The van der Waals surface area contributed by atoms with Gasteiger partial charge in [-0.25, -0.2) is 4.79 Å². The van der Waals surface area contributed by atoms with E-state index in [0.29, 0.717) is 0 Å². The topological polar surface area (TPSA) is 94.8 Å². The molecule has 0 heterocycles. The molecule has 0 unspecified atom stereocenters. The van der Waals surface area contributed by atoms with E-state index in [1.165, 1.54) is 0 Å². The highest BCUT2D eigenvalue weighted by atomic mass is 31.2. The molecule has 76 valence electrons. The molecule has 0 aliphatic rings. The molecule has 0 spiro atoms.